The van der Waals surface area contributed by atoms with E-state index >= 15 is 0 Å². The van der Waals surface area contributed by atoms with Crippen LogP contribution >= 0.6 is 0 Å². The molecular weight excluding hydrogens is 382 g/mol. The van der Waals surface area contributed by atoms with Crippen molar-refractivity contribution in [2.75, 3.05) is 6.54 Å². The van der Waals surface area contributed by atoms with Crippen LogP contribution in [0.25, 0.3) is 0 Å². The number of halogens is 1. The molecular formula is C25H36ClNO2. The number of aliphatic hydroxyl groups excluding tert-OH is 1. The molecule has 2 atom stereocenters. The van der Waals surface area contributed by atoms with E-state index in [-0.39, 0.29) is 18.4 Å². The maximum absolute atomic E-state index is 10.7. The van der Waals surface area contributed by atoms with E-state index < -0.39 is 6.10 Å². The summed E-state index contributed by atoms with van der Waals surface area (Å²) in [6.45, 7) is 3.78. The molecule has 0 aliphatic heterocycles. The topological polar surface area (TPSA) is 46.1 Å². The van der Waals surface area contributed by atoms with Crippen LogP contribution in [0.15, 0.2) is 54.6 Å². The SMILES string of the molecule is CC([NH2+]CCCC1CCCCC1)C(O)c1ccc(OCc2ccccc2)cc1.[Cl-]. The van der Waals surface area contributed by atoms with Gasteiger partial charge in [-0.25, -0.2) is 0 Å². The third kappa shape index (κ3) is 8.00. The van der Waals surface area contributed by atoms with Crippen LogP contribution in [0.2, 0.25) is 0 Å². The normalized spacial score (nSPS) is 16.6. The first-order chi connectivity index (χ1) is 13.7. The number of quaternary nitrogens is 1. The lowest BCUT2D eigenvalue weighted by Gasteiger charge is -2.22. The minimum atomic E-state index is -0.446. The third-order valence-electron chi connectivity index (χ3n) is 6.05. The molecule has 2 aromatic carbocycles. The largest absolute Gasteiger partial charge is 1.00 e. The molecule has 3 N–H and O–H groups in total. The molecule has 1 fully saturated rings. The second-order valence-corrected chi connectivity index (χ2v) is 8.32. The van der Waals surface area contributed by atoms with Crippen LogP contribution in [0.5, 0.6) is 5.75 Å². The van der Waals surface area contributed by atoms with Gasteiger partial charge < -0.3 is 27.6 Å². The Labute approximate surface area is 182 Å². The number of ether oxygens (including phenoxy) is 1. The number of rotatable bonds is 10. The highest BCUT2D eigenvalue weighted by molar-refractivity contribution is 5.29. The number of aliphatic hydroxyl groups is 1. The zero-order valence-electron chi connectivity index (χ0n) is 17.6. The summed E-state index contributed by atoms with van der Waals surface area (Å²) in [4.78, 5) is 0. The highest BCUT2D eigenvalue weighted by Crippen LogP contribution is 2.27. The van der Waals surface area contributed by atoms with Gasteiger partial charge in [0.15, 0.2) is 0 Å². The van der Waals surface area contributed by atoms with Crippen LogP contribution in [0.4, 0.5) is 0 Å². The van der Waals surface area contributed by atoms with Crippen molar-refractivity contribution >= 4 is 0 Å². The van der Waals surface area contributed by atoms with E-state index in [1.165, 1.54) is 44.9 Å². The van der Waals surface area contributed by atoms with Crippen molar-refractivity contribution in [1.82, 2.24) is 0 Å². The van der Waals surface area contributed by atoms with Crippen LogP contribution < -0.4 is 22.5 Å². The molecule has 29 heavy (non-hydrogen) atoms. The van der Waals surface area contributed by atoms with Crippen LogP contribution in [-0.2, 0) is 6.61 Å². The van der Waals surface area contributed by atoms with Gasteiger partial charge in [-0.1, -0.05) is 74.6 Å². The molecule has 0 heterocycles. The molecule has 2 unspecified atom stereocenters. The molecule has 0 bridgehead atoms. The summed E-state index contributed by atoms with van der Waals surface area (Å²) in [7, 11) is 0. The summed E-state index contributed by atoms with van der Waals surface area (Å²) >= 11 is 0. The first-order valence-electron chi connectivity index (χ1n) is 11.0. The van der Waals surface area contributed by atoms with Crippen LogP contribution in [0.1, 0.15) is 69.1 Å². The fraction of sp³-hybridized carbons (Fsp3) is 0.520. The van der Waals surface area contributed by atoms with Crippen molar-refractivity contribution in [2.45, 2.75) is 70.6 Å². The molecule has 1 aliphatic rings. The fourth-order valence-electron chi connectivity index (χ4n) is 4.20. The highest BCUT2D eigenvalue weighted by Gasteiger charge is 2.19. The molecule has 0 saturated heterocycles. The predicted octanol–water partition coefficient (Wildman–Crippen LogP) is 1.62. The molecule has 2 aromatic rings. The Bertz CT molecular complexity index is 671. The van der Waals surface area contributed by atoms with Crippen molar-refractivity contribution in [3.63, 3.8) is 0 Å². The van der Waals surface area contributed by atoms with Crippen LogP contribution in [0, 0.1) is 5.92 Å². The Hall–Kier alpha value is -1.55. The lowest BCUT2D eigenvalue weighted by molar-refractivity contribution is -0.694. The van der Waals surface area contributed by atoms with Gasteiger partial charge in [-0.3, -0.25) is 0 Å². The second-order valence-electron chi connectivity index (χ2n) is 8.32. The van der Waals surface area contributed by atoms with E-state index in [2.05, 4.69) is 24.4 Å². The van der Waals surface area contributed by atoms with Crippen molar-refractivity contribution in [3.05, 3.63) is 65.7 Å². The van der Waals surface area contributed by atoms with Crippen molar-refractivity contribution < 1.29 is 27.6 Å². The Morgan fingerprint density at radius 1 is 1.00 bits per heavy atom. The molecule has 0 spiro atoms. The van der Waals surface area contributed by atoms with Gasteiger partial charge in [0.05, 0.1) is 6.54 Å². The van der Waals surface area contributed by atoms with Gasteiger partial charge in [0, 0.05) is 0 Å². The number of hydrogen-bond donors (Lipinski definition) is 2. The molecule has 0 aromatic heterocycles. The molecule has 4 heteroatoms. The Balaban J connectivity index is 0.00000300. The standard InChI is InChI=1S/C25H35NO2.ClH/c1-20(26-18-8-13-21-9-4-2-5-10-21)25(27)23-14-16-24(17-15-23)28-19-22-11-6-3-7-12-22;/h3,6-7,11-12,14-17,20-21,25-27H,2,4-5,8-10,13,18-19H2,1H3;1H. The van der Waals surface area contributed by atoms with Gasteiger partial charge in [0.25, 0.3) is 0 Å². The van der Waals surface area contributed by atoms with Gasteiger partial charge in [0.1, 0.15) is 24.5 Å². The van der Waals surface area contributed by atoms with E-state index in [1.807, 2.05) is 42.5 Å². The Morgan fingerprint density at radius 2 is 1.69 bits per heavy atom. The lowest BCUT2D eigenvalue weighted by atomic mass is 9.86. The lowest BCUT2D eigenvalue weighted by Crippen LogP contribution is -3.00. The first kappa shape index (κ1) is 23.7. The minimum absolute atomic E-state index is 0. The number of nitrogens with two attached hydrogens (primary N) is 1. The summed E-state index contributed by atoms with van der Waals surface area (Å²) in [6.07, 6.45) is 9.30. The smallest absolute Gasteiger partial charge is 0.130 e. The minimum Gasteiger partial charge on any atom is -1.00 e. The second kappa shape index (κ2) is 12.9. The molecule has 3 nitrogen and oxygen atoms in total. The summed E-state index contributed by atoms with van der Waals surface area (Å²) in [5, 5.41) is 13.0. The molecule has 0 amide bonds. The summed E-state index contributed by atoms with van der Waals surface area (Å²) in [5.41, 5.74) is 2.12. The zero-order valence-corrected chi connectivity index (χ0v) is 18.4. The van der Waals surface area contributed by atoms with Gasteiger partial charge in [-0.15, -0.1) is 0 Å². The molecule has 3 rings (SSSR count). The van der Waals surface area contributed by atoms with Gasteiger partial charge in [-0.05, 0) is 48.9 Å². The zero-order chi connectivity index (χ0) is 19.6. The Kier molecular flexibility index (Phi) is 10.5. The quantitative estimate of drug-likeness (QED) is 0.577. The van der Waals surface area contributed by atoms with Crippen molar-refractivity contribution in [1.29, 1.82) is 0 Å². The van der Waals surface area contributed by atoms with Crippen molar-refractivity contribution in [2.24, 2.45) is 5.92 Å². The maximum Gasteiger partial charge on any atom is 0.130 e. The molecule has 160 valence electrons. The van der Waals surface area contributed by atoms with Gasteiger partial charge in [0.2, 0.25) is 0 Å². The average molecular weight is 418 g/mol. The first-order valence-corrected chi connectivity index (χ1v) is 11.0. The van der Waals surface area contributed by atoms with E-state index in [0.717, 1.165) is 29.3 Å². The van der Waals surface area contributed by atoms with E-state index in [0.29, 0.717) is 6.61 Å². The molecule has 1 aliphatic carbocycles. The summed E-state index contributed by atoms with van der Waals surface area (Å²) < 4.78 is 5.83. The average Bonchev–Trinajstić information content (AvgIpc) is 2.76. The maximum atomic E-state index is 10.7. The van der Waals surface area contributed by atoms with Crippen molar-refractivity contribution in [3.8, 4) is 5.75 Å². The summed E-state index contributed by atoms with van der Waals surface area (Å²) in [6, 6.07) is 18.2. The van der Waals surface area contributed by atoms with E-state index in [4.69, 9.17) is 4.74 Å². The van der Waals surface area contributed by atoms with E-state index in [9.17, 15) is 5.11 Å². The highest BCUT2D eigenvalue weighted by atomic mass is 35.5. The number of benzene rings is 2. The third-order valence-corrected chi connectivity index (χ3v) is 6.05. The monoisotopic (exact) mass is 417 g/mol. The molecule has 0 radical (unpaired) electrons. The summed E-state index contributed by atoms with van der Waals surface area (Å²) in [5.74, 6) is 1.79. The van der Waals surface area contributed by atoms with Crippen LogP contribution in [-0.4, -0.2) is 17.7 Å². The fourth-order valence-corrected chi connectivity index (χ4v) is 4.20. The molecule has 1 saturated carbocycles. The Morgan fingerprint density at radius 3 is 2.38 bits per heavy atom. The van der Waals surface area contributed by atoms with Gasteiger partial charge >= 0.3 is 0 Å². The van der Waals surface area contributed by atoms with Crippen LogP contribution in [0.3, 0.4) is 0 Å². The predicted molar refractivity (Wildman–Crippen MR) is 114 cm³/mol. The van der Waals surface area contributed by atoms with Gasteiger partial charge in [-0.2, -0.15) is 0 Å². The number of hydrogen-bond acceptors (Lipinski definition) is 2. The van der Waals surface area contributed by atoms with E-state index in [1.54, 1.807) is 0 Å².